The van der Waals surface area contributed by atoms with Gasteiger partial charge < -0.3 is 14.5 Å². The molecule has 6 nitrogen and oxygen atoms in total. The number of hydrogen-bond acceptors (Lipinski definition) is 5. The lowest BCUT2D eigenvalue weighted by molar-refractivity contribution is 0.0643. The second-order valence-electron chi connectivity index (χ2n) is 4.34. The van der Waals surface area contributed by atoms with Crippen LogP contribution in [0.3, 0.4) is 0 Å². The zero-order valence-electron chi connectivity index (χ0n) is 9.38. The number of aromatic carboxylic acids is 1. The number of rotatable bonds is 3. The average Bonchev–Trinajstić information content (AvgIpc) is 2.86. The summed E-state index contributed by atoms with van der Waals surface area (Å²) in [6.07, 6.45) is 0.955. The Balaban J connectivity index is 2.06. The fourth-order valence-corrected chi connectivity index (χ4v) is 1.95. The molecule has 6 heteroatoms. The van der Waals surface area contributed by atoms with Crippen LogP contribution < -0.4 is 0 Å². The van der Waals surface area contributed by atoms with Crippen LogP contribution in [-0.4, -0.2) is 45.2 Å². The SMILES string of the molecule is CC(C)N1CCC(c2noc(C(=O)O)n2)C1. The van der Waals surface area contributed by atoms with Crippen molar-refractivity contribution in [2.24, 2.45) is 0 Å². The monoisotopic (exact) mass is 225 g/mol. The van der Waals surface area contributed by atoms with Crippen LogP contribution in [0.2, 0.25) is 0 Å². The van der Waals surface area contributed by atoms with Crippen LogP contribution in [0.15, 0.2) is 4.52 Å². The summed E-state index contributed by atoms with van der Waals surface area (Å²) in [5, 5.41) is 12.4. The second kappa shape index (κ2) is 4.21. The number of aromatic nitrogens is 2. The van der Waals surface area contributed by atoms with E-state index in [9.17, 15) is 4.79 Å². The van der Waals surface area contributed by atoms with Gasteiger partial charge in [-0.05, 0) is 26.8 Å². The van der Waals surface area contributed by atoms with Crippen LogP contribution in [0, 0.1) is 0 Å². The molecule has 16 heavy (non-hydrogen) atoms. The Morgan fingerprint density at radius 3 is 2.88 bits per heavy atom. The third-order valence-corrected chi connectivity index (χ3v) is 2.94. The minimum Gasteiger partial charge on any atom is -0.474 e. The van der Waals surface area contributed by atoms with Crippen molar-refractivity contribution in [1.29, 1.82) is 0 Å². The maximum absolute atomic E-state index is 10.6. The van der Waals surface area contributed by atoms with Gasteiger partial charge in [-0.2, -0.15) is 4.98 Å². The van der Waals surface area contributed by atoms with Crippen LogP contribution >= 0.6 is 0 Å². The first-order valence-corrected chi connectivity index (χ1v) is 5.39. The van der Waals surface area contributed by atoms with Gasteiger partial charge >= 0.3 is 11.9 Å². The van der Waals surface area contributed by atoms with Crippen molar-refractivity contribution in [2.75, 3.05) is 13.1 Å². The molecule has 1 aromatic rings. The lowest BCUT2D eigenvalue weighted by Crippen LogP contribution is -2.28. The Hall–Kier alpha value is -1.43. The summed E-state index contributed by atoms with van der Waals surface area (Å²) >= 11 is 0. The summed E-state index contributed by atoms with van der Waals surface area (Å²) in [5.41, 5.74) is 0. The van der Waals surface area contributed by atoms with E-state index in [4.69, 9.17) is 5.11 Å². The number of carboxylic acid groups (broad SMARTS) is 1. The van der Waals surface area contributed by atoms with Crippen LogP contribution in [0.4, 0.5) is 0 Å². The number of likely N-dealkylation sites (tertiary alicyclic amines) is 1. The Morgan fingerprint density at radius 2 is 2.38 bits per heavy atom. The molecule has 2 rings (SSSR count). The maximum Gasteiger partial charge on any atom is 0.394 e. The molecule has 0 bridgehead atoms. The molecule has 1 fully saturated rings. The quantitative estimate of drug-likeness (QED) is 0.825. The lowest BCUT2D eigenvalue weighted by atomic mass is 10.1. The molecule has 0 saturated carbocycles. The van der Waals surface area contributed by atoms with Crippen molar-refractivity contribution in [3.05, 3.63) is 11.7 Å². The fourth-order valence-electron chi connectivity index (χ4n) is 1.95. The molecule has 0 aromatic carbocycles. The molecule has 2 heterocycles. The Labute approximate surface area is 93.2 Å². The van der Waals surface area contributed by atoms with E-state index in [0.717, 1.165) is 19.5 Å². The summed E-state index contributed by atoms with van der Waals surface area (Å²) in [6.45, 7) is 6.15. The third-order valence-electron chi connectivity index (χ3n) is 2.94. The van der Waals surface area contributed by atoms with Gasteiger partial charge in [-0.15, -0.1) is 0 Å². The minimum atomic E-state index is -1.17. The Kier molecular flexibility index (Phi) is 2.91. The Bertz CT molecular complexity index is 388. The maximum atomic E-state index is 10.6. The van der Waals surface area contributed by atoms with E-state index >= 15 is 0 Å². The van der Waals surface area contributed by atoms with Crippen molar-refractivity contribution in [3.8, 4) is 0 Å². The minimum absolute atomic E-state index is 0.194. The first-order chi connectivity index (χ1) is 7.58. The van der Waals surface area contributed by atoms with E-state index in [-0.39, 0.29) is 11.8 Å². The van der Waals surface area contributed by atoms with E-state index in [1.807, 2.05) is 0 Å². The molecule has 0 spiro atoms. The largest absolute Gasteiger partial charge is 0.474 e. The number of nitrogens with zero attached hydrogens (tertiary/aromatic N) is 3. The van der Waals surface area contributed by atoms with Crippen molar-refractivity contribution in [3.63, 3.8) is 0 Å². The highest BCUT2D eigenvalue weighted by molar-refractivity contribution is 5.81. The van der Waals surface area contributed by atoms with Gasteiger partial charge in [0.15, 0.2) is 5.82 Å². The number of carbonyl (C=O) groups is 1. The smallest absolute Gasteiger partial charge is 0.394 e. The molecule has 1 saturated heterocycles. The first-order valence-electron chi connectivity index (χ1n) is 5.39. The molecule has 1 aromatic heterocycles. The van der Waals surface area contributed by atoms with Gasteiger partial charge in [-0.25, -0.2) is 4.79 Å². The molecule has 0 amide bonds. The van der Waals surface area contributed by atoms with Crippen LogP contribution in [-0.2, 0) is 0 Å². The normalized spacial score (nSPS) is 21.8. The standard InChI is InChI=1S/C10H15N3O3/c1-6(2)13-4-3-7(5-13)8-11-9(10(14)15)16-12-8/h6-7H,3-5H2,1-2H3,(H,14,15). The summed E-state index contributed by atoms with van der Waals surface area (Å²) in [4.78, 5) is 16.8. The van der Waals surface area contributed by atoms with Crippen LogP contribution in [0.5, 0.6) is 0 Å². The Morgan fingerprint density at radius 1 is 1.62 bits per heavy atom. The molecule has 0 radical (unpaired) electrons. The second-order valence-corrected chi connectivity index (χ2v) is 4.34. The predicted octanol–water partition coefficient (Wildman–Crippen LogP) is 0.966. The van der Waals surface area contributed by atoms with E-state index < -0.39 is 5.97 Å². The van der Waals surface area contributed by atoms with E-state index in [2.05, 4.69) is 33.4 Å². The van der Waals surface area contributed by atoms with E-state index in [0.29, 0.717) is 11.9 Å². The predicted molar refractivity (Wildman–Crippen MR) is 55.3 cm³/mol. The van der Waals surface area contributed by atoms with Gasteiger partial charge in [0, 0.05) is 18.5 Å². The van der Waals surface area contributed by atoms with Gasteiger partial charge in [0.1, 0.15) is 0 Å². The highest BCUT2D eigenvalue weighted by Crippen LogP contribution is 2.26. The summed E-state index contributed by atoms with van der Waals surface area (Å²) in [6, 6.07) is 0.496. The van der Waals surface area contributed by atoms with Crippen molar-refractivity contribution >= 4 is 5.97 Å². The molecular formula is C10H15N3O3. The zero-order valence-corrected chi connectivity index (χ0v) is 9.38. The number of carboxylic acids is 1. The van der Waals surface area contributed by atoms with E-state index in [1.54, 1.807) is 0 Å². The molecule has 0 aliphatic carbocycles. The van der Waals surface area contributed by atoms with Gasteiger partial charge in [-0.3, -0.25) is 0 Å². The fraction of sp³-hybridized carbons (Fsp3) is 0.700. The zero-order chi connectivity index (χ0) is 11.7. The molecule has 1 unspecified atom stereocenters. The van der Waals surface area contributed by atoms with Crippen molar-refractivity contribution in [1.82, 2.24) is 15.0 Å². The first kappa shape index (κ1) is 11.1. The lowest BCUT2D eigenvalue weighted by Gasteiger charge is -2.19. The van der Waals surface area contributed by atoms with Crippen LogP contribution in [0.1, 0.15) is 42.7 Å². The topological polar surface area (TPSA) is 79.5 Å². The van der Waals surface area contributed by atoms with E-state index in [1.165, 1.54) is 0 Å². The van der Waals surface area contributed by atoms with Gasteiger partial charge in [0.2, 0.25) is 0 Å². The van der Waals surface area contributed by atoms with Crippen molar-refractivity contribution in [2.45, 2.75) is 32.2 Å². The van der Waals surface area contributed by atoms with Crippen molar-refractivity contribution < 1.29 is 14.4 Å². The van der Waals surface area contributed by atoms with Gasteiger partial charge in [0.05, 0.1) is 0 Å². The highest BCUT2D eigenvalue weighted by Gasteiger charge is 2.29. The highest BCUT2D eigenvalue weighted by atomic mass is 16.5. The molecular weight excluding hydrogens is 210 g/mol. The van der Waals surface area contributed by atoms with Gasteiger partial charge in [0.25, 0.3) is 0 Å². The van der Waals surface area contributed by atoms with Crippen LogP contribution in [0.25, 0.3) is 0 Å². The van der Waals surface area contributed by atoms with Gasteiger partial charge in [-0.1, -0.05) is 5.16 Å². The molecule has 88 valence electrons. The summed E-state index contributed by atoms with van der Waals surface area (Å²) in [5.74, 6) is -0.782. The molecule has 1 aliphatic heterocycles. The molecule has 1 atom stereocenters. The molecule has 1 aliphatic rings. The summed E-state index contributed by atoms with van der Waals surface area (Å²) in [7, 11) is 0. The number of hydrogen-bond donors (Lipinski definition) is 1. The third kappa shape index (κ3) is 2.06. The average molecular weight is 225 g/mol. The summed E-state index contributed by atoms with van der Waals surface area (Å²) < 4.78 is 4.66. The molecule has 1 N–H and O–H groups in total.